The van der Waals surface area contributed by atoms with E-state index in [0.29, 0.717) is 35.0 Å². The molecule has 0 saturated carbocycles. The van der Waals surface area contributed by atoms with E-state index in [4.69, 9.17) is 16.6 Å². The number of hydrogen-bond donors (Lipinski definition) is 0. The Kier molecular flexibility index (Phi) is 6.72. The molecule has 13 heteroatoms. The Morgan fingerprint density at radius 2 is 1.71 bits per heavy atom. The van der Waals surface area contributed by atoms with Gasteiger partial charge in [-0.15, -0.1) is 0 Å². The zero-order chi connectivity index (χ0) is 29.2. The lowest BCUT2D eigenvalue weighted by Gasteiger charge is -2.45. The monoisotopic (exact) mass is 616 g/mol. The van der Waals surface area contributed by atoms with E-state index in [2.05, 4.69) is 0 Å². The van der Waals surface area contributed by atoms with Crippen molar-refractivity contribution in [1.29, 1.82) is 0 Å². The van der Waals surface area contributed by atoms with E-state index in [9.17, 15) is 26.0 Å². The number of para-hydroxylation sites is 1. The third kappa shape index (κ3) is 4.82. The molecule has 0 N–H and O–H groups in total. The summed E-state index contributed by atoms with van der Waals surface area (Å²) >= 11 is 6.21. The highest BCUT2D eigenvalue weighted by Gasteiger charge is 2.60. The van der Waals surface area contributed by atoms with E-state index < -0.39 is 31.1 Å². The summed E-state index contributed by atoms with van der Waals surface area (Å²) < 4.78 is 66.5. The Bertz CT molecular complexity index is 1900. The number of nitrogens with zero attached hydrogens (tertiary/aromatic N) is 4. The van der Waals surface area contributed by atoms with E-state index in [-0.39, 0.29) is 36.2 Å². The minimum absolute atomic E-state index is 0.00660. The number of aromatic nitrogens is 2. The Labute approximate surface area is 242 Å². The van der Waals surface area contributed by atoms with Crippen molar-refractivity contribution in [2.45, 2.75) is 29.8 Å². The van der Waals surface area contributed by atoms with E-state index >= 15 is 0 Å². The molecule has 2 aliphatic heterocycles. The maximum Gasteiger partial charge on any atom is 0.243 e. The summed E-state index contributed by atoms with van der Waals surface area (Å²) in [6.45, 7) is 0.394. The van der Waals surface area contributed by atoms with Gasteiger partial charge in [-0.2, -0.15) is 4.31 Å². The topological polar surface area (TPSA) is 110 Å². The molecule has 0 radical (unpaired) electrons. The van der Waals surface area contributed by atoms with Crippen molar-refractivity contribution < 1.29 is 26.0 Å². The molecule has 214 valence electrons. The number of rotatable bonds is 8. The second kappa shape index (κ2) is 9.90. The van der Waals surface area contributed by atoms with Gasteiger partial charge in [0.1, 0.15) is 26.9 Å². The number of imidazole rings is 1. The molecular formula is C28H26ClFN4O5S2. The Morgan fingerprint density at radius 1 is 1.00 bits per heavy atom. The van der Waals surface area contributed by atoms with Crippen molar-refractivity contribution >= 4 is 54.1 Å². The summed E-state index contributed by atoms with van der Waals surface area (Å²) in [4.78, 5) is 20.4. The number of anilines is 1. The molecule has 4 aromatic rings. The smallest absolute Gasteiger partial charge is 0.243 e. The van der Waals surface area contributed by atoms with Gasteiger partial charge in [0.25, 0.3) is 0 Å². The SMILES string of the molecule is CS(=O)(=O)CCCn1c(CN2C(=O)C3(CN(S(=O)(=O)c4ccc(F)cc4)C3)c3ccccc32)nc2cc(Cl)ccc21. The normalized spacial score (nSPS) is 16.9. The zero-order valence-electron chi connectivity index (χ0n) is 22.0. The highest BCUT2D eigenvalue weighted by Crippen LogP contribution is 2.49. The number of sulfone groups is 1. The van der Waals surface area contributed by atoms with Crippen molar-refractivity contribution in [1.82, 2.24) is 13.9 Å². The molecule has 6 rings (SSSR count). The molecule has 3 aromatic carbocycles. The first kappa shape index (κ1) is 27.8. The van der Waals surface area contributed by atoms with Gasteiger partial charge in [0, 0.05) is 36.6 Å². The lowest BCUT2D eigenvalue weighted by atomic mass is 9.76. The predicted octanol–water partition coefficient (Wildman–Crippen LogP) is 3.75. The average molecular weight is 617 g/mol. The molecule has 0 atom stereocenters. The summed E-state index contributed by atoms with van der Waals surface area (Å²) in [6.07, 6.45) is 1.56. The van der Waals surface area contributed by atoms with Crippen LogP contribution in [0.5, 0.6) is 0 Å². The van der Waals surface area contributed by atoms with Gasteiger partial charge in [0.2, 0.25) is 15.9 Å². The van der Waals surface area contributed by atoms with Crippen molar-refractivity contribution in [3.63, 3.8) is 0 Å². The maximum atomic E-state index is 14.1. The minimum atomic E-state index is -3.92. The number of carbonyl (C=O) groups is 1. The first-order valence-electron chi connectivity index (χ1n) is 12.9. The summed E-state index contributed by atoms with van der Waals surface area (Å²) in [5.41, 5.74) is 1.75. The third-order valence-corrected chi connectivity index (χ3v) is 10.8. The lowest BCUT2D eigenvalue weighted by Crippen LogP contribution is -2.65. The number of carbonyl (C=O) groups excluding carboxylic acids is 1. The van der Waals surface area contributed by atoms with Crippen molar-refractivity contribution in [3.8, 4) is 0 Å². The van der Waals surface area contributed by atoms with E-state index in [1.54, 1.807) is 17.0 Å². The first-order chi connectivity index (χ1) is 19.4. The summed E-state index contributed by atoms with van der Waals surface area (Å²) in [7, 11) is -7.08. The van der Waals surface area contributed by atoms with Crippen molar-refractivity contribution in [2.75, 3.05) is 30.0 Å². The van der Waals surface area contributed by atoms with Crippen LogP contribution >= 0.6 is 11.6 Å². The molecular weight excluding hydrogens is 591 g/mol. The number of hydrogen-bond acceptors (Lipinski definition) is 6. The summed E-state index contributed by atoms with van der Waals surface area (Å²) in [5.74, 6) is -0.209. The van der Waals surface area contributed by atoms with Gasteiger partial charge >= 0.3 is 0 Å². The fourth-order valence-electron chi connectivity index (χ4n) is 5.69. The first-order valence-corrected chi connectivity index (χ1v) is 16.8. The number of benzene rings is 3. The molecule has 3 heterocycles. The van der Waals surface area contributed by atoms with Crippen LogP contribution in [0.25, 0.3) is 11.0 Å². The summed E-state index contributed by atoms with van der Waals surface area (Å²) in [5, 5.41) is 0.503. The van der Waals surface area contributed by atoms with Gasteiger partial charge < -0.3 is 9.47 Å². The Hall–Kier alpha value is -3.32. The average Bonchev–Trinajstić information content (AvgIpc) is 3.34. The predicted molar refractivity (Wildman–Crippen MR) is 154 cm³/mol. The fraction of sp³-hybridized carbons (Fsp3) is 0.286. The Balaban J connectivity index is 1.32. The van der Waals surface area contributed by atoms with Crippen LogP contribution in [0, 0.1) is 5.82 Å². The molecule has 1 fully saturated rings. The molecule has 1 saturated heterocycles. The van der Waals surface area contributed by atoms with Crippen LogP contribution in [0.4, 0.5) is 10.1 Å². The van der Waals surface area contributed by atoms with E-state index in [1.165, 1.54) is 22.7 Å². The summed E-state index contributed by atoms with van der Waals surface area (Å²) in [6, 6.07) is 17.2. The number of aryl methyl sites for hydroxylation is 1. The van der Waals surface area contributed by atoms with Gasteiger partial charge in [-0.05, 0) is 60.5 Å². The quantitative estimate of drug-likeness (QED) is 0.298. The molecule has 2 aliphatic rings. The molecule has 0 unspecified atom stereocenters. The van der Waals surface area contributed by atoms with Gasteiger partial charge in [-0.25, -0.2) is 26.2 Å². The van der Waals surface area contributed by atoms with E-state index in [1.807, 2.05) is 34.9 Å². The van der Waals surface area contributed by atoms with Crippen molar-refractivity contribution in [2.24, 2.45) is 0 Å². The van der Waals surface area contributed by atoms with Crippen LogP contribution in [0.3, 0.4) is 0 Å². The number of halogens is 2. The standard InChI is InChI=1S/C28H26ClFN4O5S2/c1-40(36,37)14-4-13-33-25-12-7-19(29)15-23(25)31-26(33)16-34-24-6-3-2-5-22(24)28(27(34)35)17-32(18-28)41(38,39)21-10-8-20(30)9-11-21/h2-3,5-12,15H,4,13-14,16-18H2,1H3. The second-order valence-electron chi connectivity index (χ2n) is 10.5. The highest BCUT2D eigenvalue weighted by atomic mass is 35.5. The van der Waals surface area contributed by atoms with Gasteiger partial charge in [-0.3, -0.25) is 4.79 Å². The molecule has 41 heavy (non-hydrogen) atoms. The Morgan fingerprint density at radius 3 is 2.41 bits per heavy atom. The van der Waals surface area contributed by atoms with Crippen LogP contribution < -0.4 is 4.90 Å². The van der Waals surface area contributed by atoms with E-state index in [0.717, 1.165) is 23.2 Å². The van der Waals surface area contributed by atoms with Crippen LogP contribution in [0.1, 0.15) is 17.8 Å². The van der Waals surface area contributed by atoms with Crippen LogP contribution in [0.2, 0.25) is 5.02 Å². The van der Waals surface area contributed by atoms with Crippen LogP contribution in [-0.4, -0.2) is 61.7 Å². The van der Waals surface area contributed by atoms with Crippen LogP contribution in [0.15, 0.2) is 71.6 Å². The minimum Gasteiger partial charge on any atom is -0.326 e. The van der Waals surface area contributed by atoms with Gasteiger partial charge in [0.15, 0.2) is 0 Å². The number of amides is 1. The fourth-order valence-corrected chi connectivity index (χ4v) is 8.07. The molecule has 1 spiro atoms. The van der Waals surface area contributed by atoms with Gasteiger partial charge in [0.05, 0.1) is 28.2 Å². The molecule has 9 nitrogen and oxygen atoms in total. The molecule has 0 bridgehead atoms. The van der Waals surface area contributed by atoms with Crippen LogP contribution in [-0.2, 0) is 43.2 Å². The zero-order valence-corrected chi connectivity index (χ0v) is 24.4. The molecule has 1 aromatic heterocycles. The molecule has 0 aliphatic carbocycles. The van der Waals surface area contributed by atoms with Crippen molar-refractivity contribution in [3.05, 3.63) is 89.0 Å². The number of sulfonamides is 1. The van der Waals surface area contributed by atoms with Gasteiger partial charge in [-0.1, -0.05) is 29.8 Å². The second-order valence-corrected chi connectivity index (χ2v) is 15.1. The molecule has 1 amide bonds. The highest BCUT2D eigenvalue weighted by molar-refractivity contribution is 7.90. The largest absolute Gasteiger partial charge is 0.326 e. The third-order valence-electron chi connectivity index (χ3n) is 7.69. The lowest BCUT2D eigenvalue weighted by molar-refractivity contribution is -0.127. The maximum absolute atomic E-state index is 14.1. The number of fused-ring (bicyclic) bond motifs is 3.